The Hall–Kier alpha value is -5.81. The highest BCUT2D eigenvalue weighted by Crippen LogP contribution is 2.40. The smallest absolute Gasteiger partial charge is 0.164 e. The van der Waals surface area contributed by atoms with Gasteiger partial charge in [0.15, 0.2) is 17.5 Å². The summed E-state index contributed by atoms with van der Waals surface area (Å²) in [6.45, 7) is 2.25. The predicted octanol–water partition coefficient (Wildman–Crippen LogP) is 10.7. The minimum atomic E-state index is 0.420. The Labute approximate surface area is 259 Å². The molecule has 5 nitrogen and oxygen atoms in total. The molecular weight excluding hydrogens is 554 g/mol. The Kier molecular flexibility index (Phi) is 5.78. The second-order valence-corrected chi connectivity index (χ2v) is 11.7. The number of rotatable bonds is 4. The van der Waals surface area contributed by atoms with Crippen molar-refractivity contribution in [3.05, 3.63) is 133 Å². The van der Waals surface area contributed by atoms with E-state index in [1.165, 1.54) is 5.56 Å². The van der Waals surface area contributed by atoms with Gasteiger partial charge in [-0.05, 0) is 53.8 Å². The van der Waals surface area contributed by atoms with Crippen molar-refractivity contribution in [3.63, 3.8) is 0 Å². The first-order valence-electron chi connectivity index (χ1n) is 15.3. The van der Waals surface area contributed by atoms with Gasteiger partial charge in [-0.2, -0.15) is 0 Å². The molecule has 1 aliphatic rings. The van der Waals surface area contributed by atoms with Crippen LogP contribution in [0.4, 0.5) is 0 Å². The third-order valence-electron chi connectivity index (χ3n) is 8.77. The van der Waals surface area contributed by atoms with Gasteiger partial charge in [0, 0.05) is 38.4 Å². The van der Waals surface area contributed by atoms with Crippen molar-refractivity contribution < 1.29 is 8.83 Å². The normalized spacial score (nSPS) is 14.4. The topological polar surface area (TPSA) is 65.0 Å². The van der Waals surface area contributed by atoms with E-state index in [-0.39, 0.29) is 0 Å². The number of fused-ring (bicyclic) bond motifs is 6. The third kappa shape index (κ3) is 4.27. The van der Waals surface area contributed by atoms with Crippen molar-refractivity contribution in [2.45, 2.75) is 19.3 Å². The number of allylic oxidation sites excluding steroid dienone is 1. The quantitative estimate of drug-likeness (QED) is 0.207. The molecular formula is C40H27N3O2. The Morgan fingerprint density at radius 1 is 0.556 bits per heavy atom. The monoisotopic (exact) mass is 581 g/mol. The van der Waals surface area contributed by atoms with Crippen LogP contribution in [-0.2, 0) is 0 Å². The summed E-state index contributed by atoms with van der Waals surface area (Å²) >= 11 is 0. The van der Waals surface area contributed by atoms with Gasteiger partial charge in [-0.25, -0.2) is 15.0 Å². The fourth-order valence-corrected chi connectivity index (χ4v) is 6.60. The Bertz CT molecular complexity index is 2430. The van der Waals surface area contributed by atoms with Gasteiger partial charge < -0.3 is 8.83 Å². The van der Waals surface area contributed by atoms with Crippen LogP contribution in [0.25, 0.3) is 84.3 Å². The molecule has 1 atom stereocenters. The van der Waals surface area contributed by atoms with Crippen LogP contribution >= 0.6 is 0 Å². The van der Waals surface area contributed by atoms with Gasteiger partial charge in [0.25, 0.3) is 0 Å². The Morgan fingerprint density at radius 2 is 1.24 bits per heavy atom. The summed E-state index contributed by atoms with van der Waals surface area (Å²) in [6, 6.07) is 39.2. The summed E-state index contributed by atoms with van der Waals surface area (Å²) in [7, 11) is 0. The molecule has 1 aliphatic carbocycles. The summed E-state index contributed by atoms with van der Waals surface area (Å²) in [4.78, 5) is 15.0. The van der Waals surface area contributed by atoms with Crippen LogP contribution in [-0.4, -0.2) is 15.0 Å². The van der Waals surface area contributed by atoms with Crippen molar-refractivity contribution >= 4 is 39.0 Å². The molecule has 3 heterocycles. The average Bonchev–Trinajstić information content (AvgIpc) is 3.67. The minimum absolute atomic E-state index is 0.420. The molecule has 0 fully saturated rings. The first kappa shape index (κ1) is 25.7. The molecule has 5 aromatic carbocycles. The first-order valence-corrected chi connectivity index (χ1v) is 15.3. The summed E-state index contributed by atoms with van der Waals surface area (Å²) in [5, 5.41) is 3.35. The van der Waals surface area contributed by atoms with Crippen molar-refractivity contribution in [1.29, 1.82) is 0 Å². The number of para-hydroxylation sites is 1. The number of nitrogens with zero attached hydrogens (tertiary/aromatic N) is 3. The van der Waals surface area contributed by atoms with E-state index in [9.17, 15) is 0 Å². The third-order valence-corrected chi connectivity index (χ3v) is 8.77. The molecule has 214 valence electrons. The molecule has 5 heteroatoms. The second kappa shape index (κ2) is 10.1. The SMILES string of the molecule is CC1CC=Cc2oc3cc(-c4nc(-c5ccccc5)nc(-c5cccc(-c6cccc7oc8ccccc8c67)c5)n4)ccc3c21. The maximum atomic E-state index is 6.31. The molecule has 0 spiro atoms. The summed E-state index contributed by atoms with van der Waals surface area (Å²) in [6.07, 6.45) is 5.29. The van der Waals surface area contributed by atoms with Crippen molar-refractivity contribution in [2.75, 3.05) is 0 Å². The lowest BCUT2D eigenvalue weighted by Gasteiger charge is -2.12. The standard InChI is InChI=1S/C40H27N3O2/c1-24-10-7-18-33-36(24)31-21-20-28(23-35(31)45-33)40-42-38(25-11-3-2-4-12-25)41-39(43-40)27-14-8-13-26(22-27)29-16-9-19-34-37(29)30-15-5-6-17-32(30)44-34/h2-9,11-24H,10H2,1H3. The second-order valence-electron chi connectivity index (χ2n) is 11.7. The molecule has 8 aromatic rings. The highest BCUT2D eigenvalue weighted by Gasteiger charge is 2.22. The molecule has 0 saturated carbocycles. The lowest BCUT2D eigenvalue weighted by Crippen LogP contribution is -2.00. The van der Waals surface area contributed by atoms with E-state index in [2.05, 4.69) is 79.7 Å². The number of hydrogen-bond donors (Lipinski definition) is 0. The molecule has 9 rings (SSSR count). The van der Waals surface area contributed by atoms with Gasteiger partial charge in [-0.15, -0.1) is 0 Å². The van der Waals surface area contributed by atoms with E-state index in [0.29, 0.717) is 23.4 Å². The molecule has 0 aliphatic heterocycles. The van der Waals surface area contributed by atoms with Crippen LogP contribution < -0.4 is 0 Å². The van der Waals surface area contributed by atoms with Gasteiger partial charge in [-0.1, -0.05) is 104 Å². The van der Waals surface area contributed by atoms with Gasteiger partial charge in [0.05, 0.1) is 0 Å². The van der Waals surface area contributed by atoms with Crippen LogP contribution in [0, 0.1) is 0 Å². The molecule has 3 aromatic heterocycles. The fourth-order valence-electron chi connectivity index (χ4n) is 6.60. The van der Waals surface area contributed by atoms with Crippen LogP contribution in [0.3, 0.4) is 0 Å². The molecule has 0 bridgehead atoms. The van der Waals surface area contributed by atoms with Gasteiger partial charge in [0.1, 0.15) is 22.5 Å². The first-order chi connectivity index (χ1) is 22.2. The van der Waals surface area contributed by atoms with Gasteiger partial charge in [-0.3, -0.25) is 0 Å². The molecule has 0 radical (unpaired) electrons. The van der Waals surface area contributed by atoms with E-state index in [1.54, 1.807) is 0 Å². The zero-order valence-corrected chi connectivity index (χ0v) is 24.6. The average molecular weight is 582 g/mol. The summed E-state index contributed by atoms with van der Waals surface area (Å²) in [5.74, 6) is 3.20. The Morgan fingerprint density at radius 3 is 2.11 bits per heavy atom. The largest absolute Gasteiger partial charge is 0.456 e. The van der Waals surface area contributed by atoms with Crippen molar-refractivity contribution in [1.82, 2.24) is 15.0 Å². The minimum Gasteiger partial charge on any atom is -0.456 e. The summed E-state index contributed by atoms with van der Waals surface area (Å²) in [5.41, 5.74) is 8.77. The Balaban J connectivity index is 1.21. The van der Waals surface area contributed by atoms with Crippen LogP contribution in [0.2, 0.25) is 0 Å². The van der Waals surface area contributed by atoms with Crippen LogP contribution in [0.15, 0.2) is 130 Å². The van der Waals surface area contributed by atoms with E-state index >= 15 is 0 Å². The predicted molar refractivity (Wildman–Crippen MR) is 181 cm³/mol. The molecule has 0 amide bonds. The maximum Gasteiger partial charge on any atom is 0.164 e. The lowest BCUT2D eigenvalue weighted by molar-refractivity contribution is 0.586. The maximum absolute atomic E-state index is 6.31. The highest BCUT2D eigenvalue weighted by atomic mass is 16.3. The number of hydrogen-bond acceptors (Lipinski definition) is 5. The summed E-state index contributed by atoms with van der Waals surface area (Å²) < 4.78 is 12.5. The highest BCUT2D eigenvalue weighted by molar-refractivity contribution is 6.12. The van der Waals surface area contributed by atoms with Gasteiger partial charge >= 0.3 is 0 Å². The van der Waals surface area contributed by atoms with E-state index in [1.807, 2.05) is 54.6 Å². The molecule has 0 N–H and O–H groups in total. The van der Waals surface area contributed by atoms with Crippen molar-refractivity contribution in [3.8, 4) is 45.3 Å². The van der Waals surface area contributed by atoms with E-state index < -0.39 is 0 Å². The number of furan rings is 2. The van der Waals surface area contributed by atoms with Crippen molar-refractivity contribution in [2.24, 2.45) is 0 Å². The number of benzene rings is 5. The number of aromatic nitrogens is 3. The van der Waals surface area contributed by atoms with E-state index in [4.69, 9.17) is 23.8 Å². The van der Waals surface area contributed by atoms with Crippen LogP contribution in [0.5, 0.6) is 0 Å². The zero-order chi connectivity index (χ0) is 29.9. The van der Waals surface area contributed by atoms with Gasteiger partial charge in [0.2, 0.25) is 0 Å². The fraction of sp³-hybridized carbons (Fsp3) is 0.0750. The molecule has 45 heavy (non-hydrogen) atoms. The van der Waals surface area contributed by atoms with E-state index in [0.717, 1.165) is 72.9 Å². The molecule has 1 unspecified atom stereocenters. The lowest BCUT2D eigenvalue weighted by atomic mass is 9.91. The van der Waals surface area contributed by atoms with Crippen LogP contribution in [0.1, 0.15) is 30.6 Å². The molecule has 0 saturated heterocycles. The zero-order valence-electron chi connectivity index (χ0n) is 24.6.